The van der Waals surface area contributed by atoms with Crippen molar-refractivity contribution in [1.82, 2.24) is 0 Å². The quantitative estimate of drug-likeness (QED) is 0.461. The number of hydrogen-bond donors (Lipinski definition) is 1. The fraction of sp³-hybridized carbons (Fsp3) is 0.714. The Morgan fingerprint density at radius 3 is 2.70 bits per heavy atom. The van der Waals surface area contributed by atoms with Crippen LogP contribution in [0.1, 0.15) is 13.8 Å². The summed E-state index contributed by atoms with van der Waals surface area (Å²) in [6, 6.07) is 2.77. The average Bonchev–Trinajstić information content (AvgIpc) is 1.98. The highest BCUT2D eigenvalue weighted by Gasteiger charge is 1.90. The Balaban J connectivity index is 3.04. The lowest BCUT2D eigenvalue weighted by Gasteiger charge is -1.96. The summed E-state index contributed by atoms with van der Waals surface area (Å²) in [4.78, 5) is 0. The normalized spacial score (nSPS) is 14.5. The molecule has 0 bridgehead atoms. The van der Waals surface area contributed by atoms with Gasteiger partial charge in [-0.25, -0.2) is 0 Å². The van der Waals surface area contributed by atoms with Crippen molar-refractivity contribution in [2.24, 2.45) is 0 Å². The lowest BCUT2D eigenvalue weighted by Crippen LogP contribution is -1.99. The number of allylic oxidation sites excluding steroid dienone is 2. The third-order valence-electron chi connectivity index (χ3n) is 1.72. The van der Waals surface area contributed by atoms with Gasteiger partial charge in [-0.3, -0.25) is 0 Å². The summed E-state index contributed by atoms with van der Waals surface area (Å²) < 4.78 is 0. The largest absolute Gasteiger partial charge is 0.400 e. The molecule has 0 saturated heterocycles. The van der Waals surface area contributed by atoms with Crippen LogP contribution in [0.15, 0.2) is 11.3 Å². The zero-order valence-electron chi connectivity index (χ0n) is 7.06. The van der Waals surface area contributed by atoms with E-state index in [4.69, 9.17) is 5.11 Å². The van der Waals surface area contributed by atoms with Gasteiger partial charge in [-0.15, -0.1) is 0 Å². The first-order chi connectivity index (χ1) is 4.81. The van der Waals surface area contributed by atoms with Crippen LogP contribution < -0.4 is 0 Å². The van der Waals surface area contributed by atoms with Crippen LogP contribution in [0, 0.1) is 0 Å². The second-order valence-electron chi connectivity index (χ2n) is 2.67. The van der Waals surface area contributed by atoms with Crippen LogP contribution in [0.25, 0.3) is 0 Å². The van der Waals surface area contributed by atoms with E-state index in [2.05, 4.69) is 19.9 Å². The van der Waals surface area contributed by atoms with Crippen LogP contribution in [-0.2, 0) is 0 Å². The second-order valence-corrected chi connectivity index (χ2v) is 6.85. The fourth-order valence-corrected chi connectivity index (χ4v) is 4.32. The number of aliphatic hydroxyl groups excluding tert-OH is 1. The van der Waals surface area contributed by atoms with Gasteiger partial charge in [0.05, 0.1) is 9.52 Å². The lowest BCUT2D eigenvalue weighted by atomic mass is 10.6. The number of hydrogen-bond acceptors (Lipinski definition) is 1. The van der Waals surface area contributed by atoms with Crippen molar-refractivity contribution in [3.05, 3.63) is 11.3 Å². The highest BCUT2D eigenvalue weighted by atomic mass is 28.2. The molecule has 1 nitrogen and oxygen atoms in total. The molecule has 0 fully saturated rings. The van der Waals surface area contributed by atoms with E-state index in [0.29, 0.717) is 6.23 Å². The van der Waals surface area contributed by atoms with E-state index in [0.717, 1.165) is 0 Å². The molecule has 0 amide bonds. The standard InChI is InChI=1S/C7H18OSi2/c1-3-7(2)10-5-4-9-6-8/h3,8H,4-6,9-10H2,1-2H3. The summed E-state index contributed by atoms with van der Waals surface area (Å²) in [7, 11) is 0.0342. The molecule has 0 aliphatic carbocycles. The molecule has 10 heavy (non-hydrogen) atoms. The SMILES string of the molecule is CC=C(C)[SiH2]CC[SiH2]CO. The van der Waals surface area contributed by atoms with Crippen LogP contribution in [0.5, 0.6) is 0 Å². The van der Waals surface area contributed by atoms with E-state index < -0.39 is 0 Å². The topological polar surface area (TPSA) is 20.2 Å². The Labute approximate surface area is 68.2 Å². The van der Waals surface area contributed by atoms with Crippen LogP contribution >= 0.6 is 0 Å². The van der Waals surface area contributed by atoms with Gasteiger partial charge in [-0.1, -0.05) is 23.4 Å². The van der Waals surface area contributed by atoms with Gasteiger partial charge in [0.25, 0.3) is 0 Å². The van der Waals surface area contributed by atoms with E-state index in [1.807, 2.05) is 0 Å². The Kier molecular flexibility index (Phi) is 7.34. The van der Waals surface area contributed by atoms with E-state index in [9.17, 15) is 0 Å². The van der Waals surface area contributed by atoms with Crippen molar-refractivity contribution < 1.29 is 5.11 Å². The minimum Gasteiger partial charge on any atom is -0.400 e. The Morgan fingerprint density at radius 2 is 2.20 bits per heavy atom. The zero-order chi connectivity index (χ0) is 7.82. The molecular formula is C7H18OSi2. The highest BCUT2D eigenvalue weighted by molar-refractivity contribution is 6.48. The summed E-state index contributed by atoms with van der Waals surface area (Å²) in [6.45, 7) is 4.35. The molecule has 0 unspecified atom stereocenters. The first-order valence-electron chi connectivity index (χ1n) is 4.04. The van der Waals surface area contributed by atoms with Crippen molar-refractivity contribution in [3.63, 3.8) is 0 Å². The molecule has 0 rings (SSSR count). The van der Waals surface area contributed by atoms with Gasteiger partial charge in [0.1, 0.15) is 0 Å². The van der Waals surface area contributed by atoms with E-state index in [1.54, 1.807) is 5.20 Å². The molecule has 0 aliphatic heterocycles. The van der Waals surface area contributed by atoms with Crippen LogP contribution in [-0.4, -0.2) is 30.4 Å². The molecule has 0 radical (unpaired) electrons. The first-order valence-corrected chi connectivity index (χ1v) is 7.74. The third kappa shape index (κ3) is 6.26. The summed E-state index contributed by atoms with van der Waals surface area (Å²) in [6.07, 6.45) is 2.73. The average molecular weight is 174 g/mol. The molecule has 0 saturated carbocycles. The van der Waals surface area contributed by atoms with E-state index in [-0.39, 0.29) is 19.0 Å². The molecule has 0 heterocycles. The Hall–Kier alpha value is 0.134. The molecule has 0 atom stereocenters. The van der Waals surface area contributed by atoms with Crippen LogP contribution in [0.3, 0.4) is 0 Å². The number of aliphatic hydroxyl groups is 1. The predicted molar refractivity (Wildman–Crippen MR) is 53.2 cm³/mol. The molecule has 0 aromatic rings. The maximum absolute atomic E-state index is 8.55. The molecule has 1 N–H and O–H groups in total. The Bertz CT molecular complexity index is 102. The van der Waals surface area contributed by atoms with Crippen molar-refractivity contribution >= 4 is 19.0 Å². The molecule has 3 heteroatoms. The molecule has 0 aromatic carbocycles. The molecular weight excluding hydrogens is 156 g/mol. The summed E-state index contributed by atoms with van der Waals surface area (Å²) >= 11 is 0. The van der Waals surface area contributed by atoms with Gasteiger partial charge < -0.3 is 5.11 Å². The maximum Gasteiger partial charge on any atom is 0.0509 e. The summed E-state index contributed by atoms with van der Waals surface area (Å²) in [5, 5.41) is 10.2. The van der Waals surface area contributed by atoms with Gasteiger partial charge in [0, 0.05) is 15.7 Å². The summed E-state index contributed by atoms with van der Waals surface area (Å²) in [5.74, 6) is 0. The van der Waals surface area contributed by atoms with Crippen molar-refractivity contribution in [2.45, 2.75) is 25.9 Å². The zero-order valence-corrected chi connectivity index (χ0v) is 9.89. The Morgan fingerprint density at radius 1 is 1.50 bits per heavy atom. The lowest BCUT2D eigenvalue weighted by molar-refractivity contribution is 0.366. The number of rotatable bonds is 5. The molecule has 60 valence electrons. The maximum atomic E-state index is 8.55. The van der Waals surface area contributed by atoms with Gasteiger partial charge in [0.2, 0.25) is 0 Å². The van der Waals surface area contributed by atoms with E-state index in [1.165, 1.54) is 12.1 Å². The minimum atomic E-state index is -0.0659. The van der Waals surface area contributed by atoms with Crippen LogP contribution in [0.4, 0.5) is 0 Å². The van der Waals surface area contributed by atoms with Crippen molar-refractivity contribution in [3.8, 4) is 0 Å². The second kappa shape index (κ2) is 7.24. The molecule has 0 aromatic heterocycles. The van der Waals surface area contributed by atoms with E-state index >= 15 is 0 Å². The van der Waals surface area contributed by atoms with Gasteiger partial charge in [-0.05, 0) is 13.8 Å². The predicted octanol–water partition coefficient (Wildman–Crippen LogP) is 0.0341. The van der Waals surface area contributed by atoms with Gasteiger partial charge in [0.15, 0.2) is 0 Å². The smallest absolute Gasteiger partial charge is 0.0509 e. The minimum absolute atomic E-state index is 0.0659. The monoisotopic (exact) mass is 174 g/mol. The van der Waals surface area contributed by atoms with Crippen molar-refractivity contribution in [2.75, 3.05) is 6.23 Å². The van der Waals surface area contributed by atoms with Gasteiger partial charge >= 0.3 is 0 Å². The summed E-state index contributed by atoms with van der Waals surface area (Å²) in [5.41, 5.74) is 0. The molecule has 0 aliphatic rings. The first kappa shape index (κ1) is 10.1. The van der Waals surface area contributed by atoms with Gasteiger partial charge in [-0.2, -0.15) is 0 Å². The van der Waals surface area contributed by atoms with Crippen LogP contribution in [0.2, 0.25) is 12.1 Å². The molecule has 0 spiro atoms. The fourth-order valence-electron chi connectivity index (χ4n) is 0.837. The van der Waals surface area contributed by atoms with Crippen molar-refractivity contribution in [1.29, 1.82) is 0 Å². The highest BCUT2D eigenvalue weighted by Crippen LogP contribution is 1.96. The third-order valence-corrected chi connectivity index (χ3v) is 6.09.